The molecule has 1 aromatic carbocycles. The number of hydrogen-bond donors (Lipinski definition) is 0. The maximum atomic E-state index is 12.9. The Morgan fingerprint density at radius 1 is 1.05 bits per heavy atom. The number of carbonyl (C=O) groups excluding carboxylic acids is 2. The van der Waals surface area contributed by atoms with Gasteiger partial charge in [0.05, 0.1) is 24.3 Å². The van der Waals surface area contributed by atoms with Crippen LogP contribution in [-0.4, -0.2) is 25.2 Å². The average Bonchev–Trinajstić information content (AvgIpc) is 2.44. The van der Waals surface area contributed by atoms with E-state index in [1.807, 2.05) is 0 Å². The van der Waals surface area contributed by atoms with Gasteiger partial charge in [-0.05, 0) is 44.0 Å². The first kappa shape index (κ1) is 18.0. The van der Waals surface area contributed by atoms with Crippen LogP contribution in [0, 0.1) is 0 Å². The minimum absolute atomic E-state index is 0.0508. The molecule has 0 radical (unpaired) electrons. The molecule has 0 atom stereocenters. The first-order valence-corrected chi connectivity index (χ1v) is 6.81. The van der Waals surface area contributed by atoms with Gasteiger partial charge in [0, 0.05) is 6.42 Å². The zero-order valence-electron chi connectivity index (χ0n) is 12.3. The number of ether oxygens (including phenoxy) is 2. The number of esters is 2. The predicted molar refractivity (Wildman–Crippen MR) is 72.4 cm³/mol. The Bertz CT molecular complexity index is 538. The zero-order chi connectivity index (χ0) is 16.8. The molecule has 0 spiro atoms. The second-order valence-corrected chi connectivity index (χ2v) is 4.44. The lowest BCUT2D eigenvalue weighted by Crippen LogP contribution is -2.12. The van der Waals surface area contributed by atoms with Crippen LogP contribution < -0.4 is 0 Å². The maximum absolute atomic E-state index is 12.9. The fourth-order valence-corrected chi connectivity index (χ4v) is 1.81. The molecule has 1 rings (SSSR count). The molecule has 0 fully saturated rings. The van der Waals surface area contributed by atoms with Gasteiger partial charge in [0.25, 0.3) is 0 Å². The Morgan fingerprint density at radius 3 is 2.23 bits per heavy atom. The molecular weight excluding hydrogens is 301 g/mol. The number of aryl methyl sites for hydroxylation is 1. The van der Waals surface area contributed by atoms with Gasteiger partial charge in [-0.1, -0.05) is 0 Å². The molecule has 4 nitrogen and oxygen atoms in total. The van der Waals surface area contributed by atoms with E-state index in [2.05, 4.69) is 0 Å². The van der Waals surface area contributed by atoms with E-state index >= 15 is 0 Å². The molecule has 0 unspecified atom stereocenters. The van der Waals surface area contributed by atoms with Crippen molar-refractivity contribution >= 4 is 11.9 Å². The molecular formula is C15H17F3O4. The van der Waals surface area contributed by atoms with Gasteiger partial charge in [-0.25, -0.2) is 4.79 Å². The number of benzene rings is 1. The van der Waals surface area contributed by atoms with Gasteiger partial charge in [-0.2, -0.15) is 13.2 Å². The van der Waals surface area contributed by atoms with Gasteiger partial charge in [0.2, 0.25) is 0 Å². The number of halogens is 3. The van der Waals surface area contributed by atoms with E-state index in [1.54, 1.807) is 13.8 Å². The number of carbonyl (C=O) groups is 2. The Hall–Kier alpha value is -2.05. The van der Waals surface area contributed by atoms with E-state index in [0.717, 1.165) is 12.1 Å². The largest absolute Gasteiger partial charge is 0.466 e. The quantitative estimate of drug-likeness (QED) is 0.755. The molecule has 0 N–H and O–H groups in total. The molecule has 0 saturated carbocycles. The van der Waals surface area contributed by atoms with Crippen molar-refractivity contribution in [3.05, 3.63) is 34.9 Å². The molecule has 1 aromatic rings. The number of rotatable bonds is 6. The Morgan fingerprint density at radius 2 is 1.68 bits per heavy atom. The second kappa shape index (κ2) is 7.82. The van der Waals surface area contributed by atoms with Crippen LogP contribution in [0.3, 0.4) is 0 Å². The van der Waals surface area contributed by atoms with Crippen molar-refractivity contribution in [2.75, 3.05) is 13.2 Å². The van der Waals surface area contributed by atoms with Crippen molar-refractivity contribution in [3.8, 4) is 0 Å². The summed E-state index contributed by atoms with van der Waals surface area (Å²) in [5.74, 6) is -1.33. The van der Waals surface area contributed by atoms with E-state index in [0.29, 0.717) is 0 Å². The predicted octanol–water partition coefficient (Wildman–Crippen LogP) is 3.38. The van der Waals surface area contributed by atoms with Gasteiger partial charge in [0.15, 0.2) is 0 Å². The molecule has 122 valence electrons. The van der Waals surface area contributed by atoms with E-state index in [9.17, 15) is 22.8 Å². The summed E-state index contributed by atoms with van der Waals surface area (Å²) in [6.07, 6.45) is -4.59. The molecule has 7 heteroatoms. The summed E-state index contributed by atoms with van der Waals surface area (Å²) in [7, 11) is 0. The third-order valence-electron chi connectivity index (χ3n) is 2.75. The van der Waals surface area contributed by atoms with Crippen LogP contribution in [0.1, 0.15) is 41.8 Å². The first-order chi connectivity index (χ1) is 10.3. The van der Waals surface area contributed by atoms with Crippen molar-refractivity contribution in [1.82, 2.24) is 0 Å². The molecule has 0 saturated heterocycles. The van der Waals surface area contributed by atoms with Crippen LogP contribution in [0.5, 0.6) is 0 Å². The standard InChI is InChI=1S/C15H17F3O4/c1-3-21-13(19)6-5-10-7-11(14(20)22-4-2)9-12(8-10)15(16,17)18/h7-9H,3-6H2,1-2H3. The fraction of sp³-hybridized carbons (Fsp3) is 0.467. The number of hydrogen-bond acceptors (Lipinski definition) is 4. The zero-order valence-corrected chi connectivity index (χ0v) is 12.3. The van der Waals surface area contributed by atoms with Crippen molar-refractivity contribution in [3.63, 3.8) is 0 Å². The van der Waals surface area contributed by atoms with Crippen molar-refractivity contribution in [1.29, 1.82) is 0 Å². The van der Waals surface area contributed by atoms with E-state index < -0.39 is 23.7 Å². The summed E-state index contributed by atoms with van der Waals surface area (Å²) in [4.78, 5) is 22.9. The lowest BCUT2D eigenvalue weighted by molar-refractivity contribution is -0.143. The fourth-order valence-electron chi connectivity index (χ4n) is 1.81. The van der Waals surface area contributed by atoms with Gasteiger partial charge >= 0.3 is 18.1 Å². The third-order valence-corrected chi connectivity index (χ3v) is 2.75. The van der Waals surface area contributed by atoms with Crippen LogP contribution >= 0.6 is 0 Å². The molecule has 0 aliphatic heterocycles. The lowest BCUT2D eigenvalue weighted by atomic mass is 10.0. The lowest BCUT2D eigenvalue weighted by Gasteiger charge is -2.12. The first-order valence-electron chi connectivity index (χ1n) is 6.81. The van der Waals surface area contributed by atoms with E-state index in [1.165, 1.54) is 6.07 Å². The van der Waals surface area contributed by atoms with Crippen molar-refractivity contribution in [2.24, 2.45) is 0 Å². The highest BCUT2D eigenvalue weighted by atomic mass is 19.4. The normalized spacial score (nSPS) is 11.1. The van der Waals surface area contributed by atoms with Crippen LogP contribution in [0.2, 0.25) is 0 Å². The van der Waals surface area contributed by atoms with Gasteiger partial charge < -0.3 is 9.47 Å². The molecule has 0 aromatic heterocycles. The molecule has 0 aliphatic carbocycles. The summed E-state index contributed by atoms with van der Waals surface area (Å²) >= 11 is 0. The van der Waals surface area contributed by atoms with E-state index in [4.69, 9.17) is 9.47 Å². The second-order valence-electron chi connectivity index (χ2n) is 4.44. The minimum Gasteiger partial charge on any atom is -0.466 e. The summed E-state index contributed by atoms with van der Waals surface area (Å²) in [5.41, 5.74) is -0.904. The summed E-state index contributed by atoms with van der Waals surface area (Å²) in [6.45, 7) is 3.47. The van der Waals surface area contributed by atoms with Crippen molar-refractivity contribution in [2.45, 2.75) is 32.9 Å². The Kier molecular flexibility index (Phi) is 6.39. The van der Waals surface area contributed by atoms with Crippen LogP contribution in [0.15, 0.2) is 18.2 Å². The Balaban J connectivity index is 3.02. The smallest absolute Gasteiger partial charge is 0.416 e. The summed E-state index contributed by atoms with van der Waals surface area (Å²) < 4.78 is 48.1. The summed E-state index contributed by atoms with van der Waals surface area (Å²) in [6, 6.07) is 2.96. The average molecular weight is 318 g/mol. The van der Waals surface area contributed by atoms with Crippen molar-refractivity contribution < 1.29 is 32.2 Å². The molecule has 0 bridgehead atoms. The molecule has 0 aliphatic rings. The summed E-state index contributed by atoms with van der Waals surface area (Å²) in [5, 5.41) is 0. The van der Waals surface area contributed by atoms with Gasteiger partial charge in [0.1, 0.15) is 0 Å². The minimum atomic E-state index is -4.58. The number of alkyl halides is 3. The highest BCUT2D eigenvalue weighted by molar-refractivity contribution is 5.90. The molecule has 0 amide bonds. The third kappa shape index (κ3) is 5.38. The molecule has 22 heavy (non-hydrogen) atoms. The monoisotopic (exact) mass is 318 g/mol. The highest BCUT2D eigenvalue weighted by Crippen LogP contribution is 2.31. The van der Waals surface area contributed by atoms with Crippen LogP contribution in [0.4, 0.5) is 13.2 Å². The topological polar surface area (TPSA) is 52.6 Å². The van der Waals surface area contributed by atoms with E-state index in [-0.39, 0.29) is 37.2 Å². The van der Waals surface area contributed by atoms with Crippen LogP contribution in [0.25, 0.3) is 0 Å². The SMILES string of the molecule is CCOC(=O)CCc1cc(C(=O)OCC)cc(C(F)(F)F)c1. The van der Waals surface area contributed by atoms with Gasteiger partial charge in [-0.15, -0.1) is 0 Å². The van der Waals surface area contributed by atoms with Gasteiger partial charge in [-0.3, -0.25) is 4.79 Å². The maximum Gasteiger partial charge on any atom is 0.416 e. The molecule has 0 heterocycles. The van der Waals surface area contributed by atoms with Crippen LogP contribution in [-0.2, 0) is 26.9 Å². The Labute approximate surface area is 126 Å². The highest BCUT2D eigenvalue weighted by Gasteiger charge is 2.32.